The Bertz CT molecular complexity index is 905. The molecule has 0 fully saturated rings. The van der Waals surface area contributed by atoms with Gasteiger partial charge in [-0.1, -0.05) is 12.1 Å². The molecule has 0 aliphatic carbocycles. The van der Waals surface area contributed by atoms with E-state index in [-0.39, 0.29) is 29.9 Å². The third kappa shape index (κ3) is 9.87. The third-order valence-electron chi connectivity index (χ3n) is 4.74. The van der Waals surface area contributed by atoms with Gasteiger partial charge in [0.1, 0.15) is 11.5 Å². The van der Waals surface area contributed by atoms with Gasteiger partial charge in [0.15, 0.2) is 5.96 Å². The maximum Gasteiger partial charge on any atom is 0.251 e. The summed E-state index contributed by atoms with van der Waals surface area (Å²) >= 11 is 0. The Hall–Kier alpha value is -2.53. The molecule has 0 unspecified atom stereocenters. The molecule has 9 heteroatoms. The van der Waals surface area contributed by atoms with Crippen molar-refractivity contribution in [3.05, 3.63) is 59.2 Å². The number of nitrogens with zero attached hydrogens (tertiary/aromatic N) is 2. The SMILES string of the molecule is CCNC(=NCc1cccc(C(=O)NCCN(C)C)c1)NCc1ccc(OC)cc1OC.I. The molecule has 0 bridgehead atoms. The molecule has 2 aromatic carbocycles. The Morgan fingerprint density at radius 1 is 1.03 bits per heavy atom. The maximum atomic E-state index is 12.4. The topological polar surface area (TPSA) is 87.2 Å². The normalized spacial score (nSPS) is 10.9. The van der Waals surface area contributed by atoms with E-state index in [2.05, 4.69) is 20.9 Å². The molecule has 0 atom stereocenters. The minimum Gasteiger partial charge on any atom is -0.497 e. The minimum absolute atomic E-state index is 0. The predicted octanol–water partition coefficient (Wildman–Crippen LogP) is 2.87. The van der Waals surface area contributed by atoms with Crippen molar-refractivity contribution in [2.24, 2.45) is 4.99 Å². The molecule has 0 radical (unpaired) electrons. The molecule has 3 N–H and O–H groups in total. The average molecular weight is 569 g/mol. The summed E-state index contributed by atoms with van der Waals surface area (Å²) in [6.07, 6.45) is 0. The monoisotopic (exact) mass is 569 g/mol. The van der Waals surface area contributed by atoms with Crippen LogP contribution in [0.3, 0.4) is 0 Å². The lowest BCUT2D eigenvalue weighted by molar-refractivity contribution is 0.0951. The zero-order valence-corrected chi connectivity index (χ0v) is 22.4. The number of hydrogen-bond acceptors (Lipinski definition) is 5. The van der Waals surface area contributed by atoms with Gasteiger partial charge in [0.05, 0.1) is 20.8 Å². The van der Waals surface area contributed by atoms with Crippen molar-refractivity contribution in [2.45, 2.75) is 20.0 Å². The van der Waals surface area contributed by atoms with E-state index in [9.17, 15) is 4.79 Å². The molecular weight excluding hydrogens is 533 g/mol. The van der Waals surface area contributed by atoms with Crippen molar-refractivity contribution in [2.75, 3.05) is 47.9 Å². The molecule has 0 aliphatic rings. The molecule has 0 heterocycles. The predicted molar refractivity (Wildman–Crippen MR) is 144 cm³/mol. The molecule has 0 aromatic heterocycles. The average Bonchev–Trinajstić information content (AvgIpc) is 2.80. The van der Waals surface area contributed by atoms with Gasteiger partial charge in [-0.3, -0.25) is 4.79 Å². The Labute approximate surface area is 214 Å². The van der Waals surface area contributed by atoms with E-state index in [4.69, 9.17) is 9.47 Å². The molecular formula is C24H36IN5O3. The fourth-order valence-corrected chi connectivity index (χ4v) is 2.99. The summed E-state index contributed by atoms with van der Waals surface area (Å²) in [7, 11) is 7.23. The van der Waals surface area contributed by atoms with Crippen LogP contribution < -0.4 is 25.4 Å². The van der Waals surface area contributed by atoms with Crippen LogP contribution in [0.5, 0.6) is 11.5 Å². The Kier molecular flexibility index (Phi) is 13.2. The van der Waals surface area contributed by atoms with Crippen molar-refractivity contribution in [3.63, 3.8) is 0 Å². The standard InChI is InChI=1S/C24H35N5O3.HI/c1-6-25-24(28-17-20-10-11-21(31-4)15-22(20)32-5)27-16-18-8-7-9-19(14-18)23(30)26-12-13-29(2)3;/h7-11,14-15H,6,12-13,16-17H2,1-5H3,(H,26,30)(H2,25,27,28);1H. The summed E-state index contributed by atoms with van der Waals surface area (Å²) in [5.41, 5.74) is 2.59. The first-order chi connectivity index (χ1) is 15.5. The quantitative estimate of drug-likeness (QED) is 0.219. The van der Waals surface area contributed by atoms with E-state index in [0.717, 1.165) is 35.7 Å². The molecule has 0 saturated heterocycles. The van der Waals surface area contributed by atoms with E-state index in [1.807, 2.05) is 68.4 Å². The van der Waals surface area contributed by atoms with E-state index in [1.54, 1.807) is 14.2 Å². The van der Waals surface area contributed by atoms with Gasteiger partial charge in [-0.2, -0.15) is 0 Å². The van der Waals surface area contributed by atoms with Gasteiger partial charge in [0.25, 0.3) is 5.91 Å². The Balaban J connectivity index is 0.00000544. The van der Waals surface area contributed by atoms with Crippen molar-refractivity contribution < 1.29 is 14.3 Å². The number of amides is 1. The number of methoxy groups -OCH3 is 2. The molecule has 2 rings (SSSR count). The van der Waals surface area contributed by atoms with E-state index in [1.165, 1.54) is 0 Å². The summed E-state index contributed by atoms with van der Waals surface area (Å²) in [6.45, 7) is 5.16. The van der Waals surface area contributed by atoms with E-state index < -0.39 is 0 Å². The molecule has 33 heavy (non-hydrogen) atoms. The van der Waals surface area contributed by atoms with Crippen LogP contribution in [0.1, 0.15) is 28.4 Å². The lowest BCUT2D eigenvalue weighted by Crippen LogP contribution is -2.36. The van der Waals surface area contributed by atoms with Crippen molar-refractivity contribution in [3.8, 4) is 11.5 Å². The number of benzene rings is 2. The Morgan fingerprint density at radius 3 is 2.48 bits per heavy atom. The second kappa shape index (κ2) is 15.3. The lowest BCUT2D eigenvalue weighted by atomic mass is 10.1. The second-order valence-corrected chi connectivity index (χ2v) is 7.49. The van der Waals surface area contributed by atoms with Gasteiger partial charge < -0.3 is 30.3 Å². The van der Waals surface area contributed by atoms with Crippen LogP contribution in [-0.2, 0) is 13.1 Å². The van der Waals surface area contributed by atoms with Crippen LogP contribution >= 0.6 is 24.0 Å². The number of ether oxygens (including phenoxy) is 2. The van der Waals surface area contributed by atoms with Crippen LogP contribution in [0.2, 0.25) is 0 Å². The summed E-state index contributed by atoms with van der Waals surface area (Å²) in [4.78, 5) is 19.1. The number of guanidine groups is 1. The number of nitrogens with one attached hydrogen (secondary N) is 3. The van der Waals surface area contributed by atoms with Crippen LogP contribution in [0, 0.1) is 0 Å². The molecule has 0 aliphatic heterocycles. The minimum atomic E-state index is -0.0747. The highest BCUT2D eigenvalue weighted by Crippen LogP contribution is 2.24. The first kappa shape index (κ1) is 28.5. The maximum absolute atomic E-state index is 12.4. The van der Waals surface area contributed by atoms with Gasteiger partial charge in [-0.05, 0) is 50.8 Å². The summed E-state index contributed by atoms with van der Waals surface area (Å²) in [5, 5.41) is 9.52. The fourth-order valence-electron chi connectivity index (χ4n) is 2.99. The molecule has 0 saturated carbocycles. The smallest absolute Gasteiger partial charge is 0.251 e. The molecule has 8 nitrogen and oxygen atoms in total. The van der Waals surface area contributed by atoms with E-state index >= 15 is 0 Å². The molecule has 0 spiro atoms. The first-order valence-corrected chi connectivity index (χ1v) is 10.7. The van der Waals surface area contributed by atoms with Gasteiger partial charge >= 0.3 is 0 Å². The highest BCUT2D eigenvalue weighted by Gasteiger charge is 2.08. The number of rotatable bonds is 11. The zero-order valence-electron chi connectivity index (χ0n) is 20.1. The number of hydrogen-bond donors (Lipinski definition) is 3. The highest BCUT2D eigenvalue weighted by atomic mass is 127. The van der Waals surface area contributed by atoms with Crippen LogP contribution in [0.25, 0.3) is 0 Å². The number of carbonyl (C=O) groups is 1. The third-order valence-corrected chi connectivity index (χ3v) is 4.74. The summed E-state index contributed by atoms with van der Waals surface area (Å²) in [5.74, 6) is 2.11. The number of halogens is 1. The molecule has 182 valence electrons. The number of likely N-dealkylation sites (N-methyl/N-ethyl adjacent to an activating group) is 1. The summed E-state index contributed by atoms with van der Waals surface area (Å²) in [6, 6.07) is 13.3. The summed E-state index contributed by atoms with van der Waals surface area (Å²) < 4.78 is 10.7. The first-order valence-electron chi connectivity index (χ1n) is 10.7. The van der Waals surface area contributed by atoms with Gasteiger partial charge in [0.2, 0.25) is 0 Å². The van der Waals surface area contributed by atoms with Gasteiger partial charge in [0, 0.05) is 43.4 Å². The van der Waals surface area contributed by atoms with Crippen LogP contribution in [0.4, 0.5) is 0 Å². The second-order valence-electron chi connectivity index (χ2n) is 7.49. The molecule has 2 aromatic rings. The van der Waals surface area contributed by atoms with Gasteiger partial charge in [-0.15, -0.1) is 24.0 Å². The largest absolute Gasteiger partial charge is 0.497 e. The van der Waals surface area contributed by atoms with Crippen LogP contribution in [0.15, 0.2) is 47.5 Å². The van der Waals surface area contributed by atoms with Crippen molar-refractivity contribution in [1.29, 1.82) is 0 Å². The Morgan fingerprint density at radius 2 is 1.82 bits per heavy atom. The lowest BCUT2D eigenvalue weighted by Gasteiger charge is -2.14. The van der Waals surface area contributed by atoms with Crippen molar-refractivity contribution >= 4 is 35.8 Å². The zero-order chi connectivity index (χ0) is 23.3. The number of carbonyl (C=O) groups excluding carboxylic acids is 1. The number of aliphatic imine (C=N–C) groups is 1. The van der Waals surface area contributed by atoms with Crippen LogP contribution in [-0.4, -0.2) is 64.7 Å². The van der Waals surface area contributed by atoms with E-state index in [0.29, 0.717) is 31.2 Å². The van der Waals surface area contributed by atoms with Crippen molar-refractivity contribution in [1.82, 2.24) is 20.9 Å². The van der Waals surface area contributed by atoms with Gasteiger partial charge in [-0.25, -0.2) is 4.99 Å². The highest BCUT2D eigenvalue weighted by molar-refractivity contribution is 14.0. The fraction of sp³-hybridized carbons (Fsp3) is 0.417. The molecule has 1 amide bonds.